The van der Waals surface area contributed by atoms with E-state index in [1.54, 1.807) is 13.2 Å². The minimum atomic E-state index is -0.382. The predicted octanol–water partition coefficient (Wildman–Crippen LogP) is 2.85. The molecule has 0 radical (unpaired) electrons. The van der Waals surface area contributed by atoms with Gasteiger partial charge in [-0.1, -0.05) is 36.8 Å². The Balaban J connectivity index is 1.74. The number of benzene rings is 2. The Kier molecular flexibility index (Phi) is 6.46. The molecule has 0 aromatic heterocycles. The smallest absolute Gasteiger partial charge is 0.242 e. The highest BCUT2D eigenvalue weighted by Crippen LogP contribution is 2.48. The SMILES string of the molecule is CCCOc1cccc(C2C3C(NNC3c3cc(C)ccc3O)C(=O)N2CCOC)c1. The van der Waals surface area contributed by atoms with E-state index in [0.717, 1.165) is 28.9 Å². The van der Waals surface area contributed by atoms with Crippen LogP contribution in [0.1, 0.15) is 42.1 Å². The Morgan fingerprint density at radius 1 is 1.10 bits per heavy atom. The summed E-state index contributed by atoms with van der Waals surface area (Å²) in [6.07, 6.45) is 0.930. The number of nitrogens with zero attached hydrogens (tertiary/aromatic N) is 1. The Morgan fingerprint density at radius 2 is 1.90 bits per heavy atom. The molecule has 0 aliphatic carbocycles. The van der Waals surface area contributed by atoms with E-state index in [9.17, 15) is 9.90 Å². The zero-order valence-electron chi connectivity index (χ0n) is 18.3. The second kappa shape index (κ2) is 9.26. The van der Waals surface area contributed by atoms with Crippen molar-refractivity contribution >= 4 is 5.91 Å². The van der Waals surface area contributed by atoms with E-state index >= 15 is 0 Å². The summed E-state index contributed by atoms with van der Waals surface area (Å²) >= 11 is 0. The van der Waals surface area contributed by atoms with Gasteiger partial charge in [0.1, 0.15) is 17.5 Å². The molecule has 4 atom stereocenters. The molecule has 3 N–H and O–H groups in total. The molecule has 0 bridgehead atoms. The fourth-order valence-corrected chi connectivity index (χ4v) is 4.74. The molecule has 31 heavy (non-hydrogen) atoms. The highest BCUT2D eigenvalue weighted by Gasteiger charge is 2.55. The molecule has 2 saturated heterocycles. The van der Waals surface area contributed by atoms with Crippen molar-refractivity contribution in [3.05, 3.63) is 59.2 Å². The minimum Gasteiger partial charge on any atom is -0.508 e. The normalized spacial score (nSPS) is 25.1. The second-order valence-electron chi connectivity index (χ2n) is 8.27. The van der Waals surface area contributed by atoms with E-state index in [0.29, 0.717) is 19.8 Å². The Hall–Kier alpha value is -2.61. The van der Waals surface area contributed by atoms with Crippen molar-refractivity contribution in [2.45, 2.75) is 38.4 Å². The maximum atomic E-state index is 13.3. The molecule has 7 nitrogen and oxygen atoms in total. The molecule has 4 rings (SSSR count). The van der Waals surface area contributed by atoms with Gasteiger partial charge in [-0.25, -0.2) is 10.9 Å². The van der Waals surface area contributed by atoms with Crippen molar-refractivity contribution in [1.29, 1.82) is 0 Å². The molecule has 0 saturated carbocycles. The number of amides is 1. The van der Waals surface area contributed by atoms with Gasteiger partial charge in [0.25, 0.3) is 0 Å². The van der Waals surface area contributed by atoms with E-state index in [2.05, 4.69) is 17.8 Å². The van der Waals surface area contributed by atoms with E-state index in [1.165, 1.54) is 0 Å². The van der Waals surface area contributed by atoms with Crippen molar-refractivity contribution in [3.8, 4) is 11.5 Å². The summed E-state index contributed by atoms with van der Waals surface area (Å²) in [7, 11) is 1.64. The van der Waals surface area contributed by atoms with Gasteiger partial charge in [0, 0.05) is 25.1 Å². The molecule has 1 amide bonds. The van der Waals surface area contributed by atoms with Gasteiger partial charge in [-0.2, -0.15) is 0 Å². The number of hydrazine groups is 1. The van der Waals surface area contributed by atoms with Crippen molar-refractivity contribution < 1.29 is 19.4 Å². The highest BCUT2D eigenvalue weighted by atomic mass is 16.5. The lowest BCUT2D eigenvalue weighted by molar-refractivity contribution is -0.131. The van der Waals surface area contributed by atoms with Crippen molar-refractivity contribution in [3.63, 3.8) is 0 Å². The molecule has 2 heterocycles. The average Bonchev–Trinajstić information content (AvgIpc) is 3.31. The first-order valence-corrected chi connectivity index (χ1v) is 10.9. The van der Waals surface area contributed by atoms with Crippen molar-refractivity contribution in [2.24, 2.45) is 5.92 Å². The van der Waals surface area contributed by atoms with Crippen LogP contribution in [0, 0.1) is 12.8 Å². The number of likely N-dealkylation sites (tertiary alicyclic amines) is 1. The summed E-state index contributed by atoms with van der Waals surface area (Å²) in [6, 6.07) is 12.8. The number of aromatic hydroxyl groups is 1. The first-order chi connectivity index (χ1) is 15.0. The summed E-state index contributed by atoms with van der Waals surface area (Å²) in [5.41, 5.74) is 9.35. The summed E-state index contributed by atoms with van der Waals surface area (Å²) in [5, 5.41) is 10.6. The average molecular weight is 426 g/mol. The number of aryl methyl sites for hydroxylation is 1. The van der Waals surface area contributed by atoms with Gasteiger partial charge >= 0.3 is 0 Å². The van der Waals surface area contributed by atoms with Crippen molar-refractivity contribution in [1.82, 2.24) is 15.8 Å². The summed E-state index contributed by atoms with van der Waals surface area (Å²) in [5.74, 6) is 0.968. The molecule has 7 heteroatoms. The fraction of sp³-hybridized carbons (Fsp3) is 0.458. The molecular weight excluding hydrogens is 394 g/mol. The number of ether oxygens (including phenoxy) is 2. The molecule has 166 valence electrons. The summed E-state index contributed by atoms with van der Waals surface area (Å²) in [4.78, 5) is 15.2. The third-order valence-electron chi connectivity index (χ3n) is 6.14. The summed E-state index contributed by atoms with van der Waals surface area (Å²) < 4.78 is 11.1. The van der Waals surface area contributed by atoms with Gasteiger partial charge in [-0.15, -0.1) is 0 Å². The number of carbonyl (C=O) groups excluding carboxylic acids is 1. The molecule has 2 aliphatic heterocycles. The highest BCUT2D eigenvalue weighted by molar-refractivity contribution is 5.86. The van der Waals surface area contributed by atoms with Gasteiger partial charge in [0.2, 0.25) is 5.91 Å². The number of phenols is 1. The van der Waals surface area contributed by atoms with Gasteiger partial charge in [-0.3, -0.25) is 4.79 Å². The maximum absolute atomic E-state index is 13.3. The quantitative estimate of drug-likeness (QED) is 0.603. The predicted molar refractivity (Wildman–Crippen MR) is 118 cm³/mol. The Morgan fingerprint density at radius 3 is 2.68 bits per heavy atom. The number of nitrogens with one attached hydrogen (secondary N) is 2. The third-order valence-corrected chi connectivity index (χ3v) is 6.14. The zero-order chi connectivity index (χ0) is 22.0. The number of hydrogen-bond acceptors (Lipinski definition) is 6. The van der Waals surface area contributed by atoms with Gasteiger partial charge < -0.3 is 19.5 Å². The lowest BCUT2D eigenvalue weighted by Crippen LogP contribution is -2.42. The number of fused-ring (bicyclic) bond motifs is 1. The number of methoxy groups -OCH3 is 1. The van der Waals surface area contributed by atoms with Crippen LogP contribution in [-0.4, -0.2) is 48.8 Å². The van der Waals surface area contributed by atoms with Crippen LogP contribution in [0.25, 0.3) is 0 Å². The number of hydrogen-bond donors (Lipinski definition) is 3. The molecule has 2 aliphatic rings. The first kappa shape index (κ1) is 21.6. The van der Waals surface area contributed by atoms with E-state index in [1.807, 2.05) is 48.2 Å². The first-order valence-electron chi connectivity index (χ1n) is 10.9. The number of carbonyl (C=O) groups is 1. The maximum Gasteiger partial charge on any atom is 0.242 e. The van der Waals surface area contributed by atoms with Crippen LogP contribution in [0.15, 0.2) is 42.5 Å². The molecule has 2 aromatic carbocycles. The van der Waals surface area contributed by atoms with Crippen molar-refractivity contribution in [2.75, 3.05) is 26.9 Å². The van der Waals surface area contributed by atoms with Crippen LogP contribution < -0.4 is 15.6 Å². The standard InChI is InChI=1S/C24H31N3O4/c1-4-11-31-17-7-5-6-16(14-17)23-20-21(18-13-15(2)8-9-19(18)28)25-26-22(20)24(29)27(23)10-12-30-3/h5-9,13-14,20-23,25-26,28H,4,10-12H2,1-3H3. The molecule has 2 fully saturated rings. The second-order valence-corrected chi connectivity index (χ2v) is 8.27. The monoisotopic (exact) mass is 425 g/mol. The molecular formula is C24H31N3O4. The molecule has 2 aromatic rings. The van der Waals surface area contributed by atoms with Crippen LogP contribution in [0.4, 0.5) is 0 Å². The lowest BCUT2D eigenvalue weighted by Gasteiger charge is -2.31. The van der Waals surface area contributed by atoms with Crippen LogP contribution >= 0.6 is 0 Å². The minimum absolute atomic E-state index is 0.0362. The van der Waals surface area contributed by atoms with Gasteiger partial charge in [0.05, 0.1) is 25.3 Å². The largest absolute Gasteiger partial charge is 0.508 e. The van der Waals surface area contributed by atoms with E-state index in [4.69, 9.17) is 9.47 Å². The zero-order valence-corrected chi connectivity index (χ0v) is 18.3. The topological polar surface area (TPSA) is 83.1 Å². The van der Waals surface area contributed by atoms with E-state index in [-0.39, 0.29) is 35.7 Å². The van der Waals surface area contributed by atoms with Crippen LogP contribution in [-0.2, 0) is 9.53 Å². The third kappa shape index (κ3) is 4.13. The van der Waals surface area contributed by atoms with Gasteiger partial charge in [0.15, 0.2) is 0 Å². The van der Waals surface area contributed by atoms with E-state index < -0.39 is 0 Å². The van der Waals surface area contributed by atoms with Crippen LogP contribution in [0.3, 0.4) is 0 Å². The Labute approximate surface area is 183 Å². The Bertz CT molecular complexity index is 935. The fourth-order valence-electron chi connectivity index (χ4n) is 4.74. The van der Waals surface area contributed by atoms with Crippen LogP contribution in [0.2, 0.25) is 0 Å². The number of rotatable bonds is 8. The van der Waals surface area contributed by atoms with Gasteiger partial charge in [-0.05, 0) is 37.1 Å². The molecule has 4 unspecified atom stereocenters. The molecule has 0 spiro atoms. The summed E-state index contributed by atoms with van der Waals surface area (Å²) in [6.45, 7) is 5.68. The van der Waals surface area contributed by atoms with Crippen LogP contribution in [0.5, 0.6) is 11.5 Å². The number of phenolic OH excluding ortho intramolecular Hbond substituents is 1. The lowest BCUT2D eigenvalue weighted by atomic mass is 9.82.